The third-order valence-electron chi connectivity index (χ3n) is 9.56. The van der Waals surface area contributed by atoms with Crippen LogP contribution in [0.1, 0.15) is 5.69 Å². The summed E-state index contributed by atoms with van der Waals surface area (Å²) in [5, 5.41) is 10.0. The van der Waals surface area contributed by atoms with Crippen LogP contribution in [0.4, 0.5) is 0 Å². The standard InChI is InChI=1S/C46H31N/c1-30-14-15-40(29-47-30)34-18-16-33(17-19-34)37-24-25-43-44(28-37)46(39-23-21-32-9-3-5-11-36(32)27-39)42-13-7-6-12-41(42)45(43)38-22-20-31-8-2-4-10-35(31)26-38/h2-29H,1H3. The van der Waals surface area contributed by atoms with Gasteiger partial charge >= 0.3 is 0 Å². The predicted octanol–water partition coefficient (Wildman–Crippen LogP) is 12.7. The van der Waals surface area contributed by atoms with Gasteiger partial charge < -0.3 is 0 Å². The summed E-state index contributed by atoms with van der Waals surface area (Å²) >= 11 is 0. The summed E-state index contributed by atoms with van der Waals surface area (Å²) in [6.07, 6.45) is 1.95. The minimum absolute atomic E-state index is 1.03. The van der Waals surface area contributed by atoms with Crippen molar-refractivity contribution in [2.75, 3.05) is 0 Å². The van der Waals surface area contributed by atoms with Gasteiger partial charge in [-0.25, -0.2) is 0 Å². The first-order chi connectivity index (χ1) is 23.2. The van der Waals surface area contributed by atoms with E-state index in [9.17, 15) is 0 Å². The highest BCUT2D eigenvalue weighted by molar-refractivity contribution is 6.22. The van der Waals surface area contributed by atoms with E-state index in [1.165, 1.54) is 82.0 Å². The quantitative estimate of drug-likeness (QED) is 0.184. The minimum Gasteiger partial charge on any atom is -0.261 e. The lowest BCUT2D eigenvalue weighted by Gasteiger charge is -2.19. The van der Waals surface area contributed by atoms with Crippen LogP contribution in [0.5, 0.6) is 0 Å². The second-order valence-electron chi connectivity index (χ2n) is 12.4. The molecule has 0 spiro atoms. The van der Waals surface area contributed by atoms with Crippen molar-refractivity contribution < 1.29 is 0 Å². The Morgan fingerprint density at radius 3 is 1.34 bits per heavy atom. The first kappa shape index (κ1) is 27.3. The molecule has 8 aromatic carbocycles. The molecule has 0 aliphatic rings. The smallest absolute Gasteiger partial charge is 0.0373 e. The summed E-state index contributed by atoms with van der Waals surface area (Å²) in [5.41, 5.74) is 10.7. The molecule has 0 N–H and O–H groups in total. The van der Waals surface area contributed by atoms with Crippen LogP contribution in [0, 0.1) is 6.92 Å². The molecule has 0 fully saturated rings. The number of fused-ring (bicyclic) bond motifs is 4. The number of nitrogens with zero attached hydrogens (tertiary/aromatic N) is 1. The van der Waals surface area contributed by atoms with E-state index in [0.29, 0.717) is 0 Å². The number of aryl methyl sites for hydroxylation is 1. The van der Waals surface area contributed by atoms with Crippen LogP contribution in [0.15, 0.2) is 170 Å². The van der Waals surface area contributed by atoms with Crippen molar-refractivity contribution in [1.82, 2.24) is 4.98 Å². The molecule has 0 aliphatic carbocycles. The summed E-state index contributed by atoms with van der Waals surface area (Å²) in [4.78, 5) is 4.50. The number of hydrogen-bond donors (Lipinski definition) is 0. The first-order valence-corrected chi connectivity index (χ1v) is 16.2. The summed E-state index contributed by atoms with van der Waals surface area (Å²) in [5.74, 6) is 0. The Balaban J connectivity index is 1.31. The third-order valence-corrected chi connectivity index (χ3v) is 9.56. The maximum absolute atomic E-state index is 4.50. The predicted molar refractivity (Wildman–Crippen MR) is 201 cm³/mol. The summed E-state index contributed by atoms with van der Waals surface area (Å²) in [6.45, 7) is 2.02. The van der Waals surface area contributed by atoms with Gasteiger partial charge in [-0.15, -0.1) is 0 Å². The Hall–Kier alpha value is -6.05. The van der Waals surface area contributed by atoms with Gasteiger partial charge in [-0.2, -0.15) is 0 Å². The zero-order chi connectivity index (χ0) is 31.3. The van der Waals surface area contributed by atoms with Crippen LogP contribution in [0.3, 0.4) is 0 Å². The summed E-state index contributed by atoms with van der Waals surface area (Å²) in [7, 11) is 0. The largest absolute Gasteiger partial charge is 0.261 e. The van der Waals surface area contributed by atoms with E-state index >= 15 is 0 Å². The highest BCUT2D eigenvalue weighted by atomic mass is 14.7. The molecule has 9 rings (SSSR count). The number of aromatic nitrogens is 1. The first-order valence-electron chi connectivity index (χ1n) is 16.2. The van der Waals surface area contributed by atoms with Gasteiger partial charge in [0.05, 0.1) is 0 Å². The molecule has 0 bridgehead atoms. The molecule has 0 unspecified atom stereocenters. The fraction of sp³-hybridized carbons (Fsp3) is 0.0217. The fourth-order valence-electron chi connectivity index (χ4n) is 7.16. The highest BCUT2D eigenvalue weighted by Crippen LogP contribution is 2.45. The van der Waals surface area contributed by atoms with E-state index in [0.717, 1.165) is 11.3 Å². The third kappa shape index (κ3) is 4.76. The Morgan fingerprint density at radius 1 is 0.319 bits per heavy atom. The van der Waals surface area contributed by atoms with Gasteiger partial charge in [0.1, 0.15) is 0 Å². The number of benzene rings is 8. The Morgan fingerprint density at radius 2 is 0.766 bits per heavy atom. The molecule has 220 valence electrons. The lowest BCUT2D eigenvalue weighted by atomic mass is 9.84. The Labute approximate surface area is 274 Å². The molecular weight excluding hydrogens is 567 g/mol. The lowest BCUT2D eigenvalue weighted by Crippen LogP contribution is -1.92. The van der Waals surface area contributed by atoms with E-state index < -0.39 is 0 Å². The van der Waals surface area contributed by atoms with Gasteiger partial charge in [0.2, 0.25) is 0 Å². The second kappa shape index (κ2) is 11.1. The zero-order valence-electron chi connectivity index (χ0n) is 26.1. The van der Waals surface area contributed by atoms with E-state index in [2.05, 4.69) is 169 Å². The monoisotopic (exact) mass is 597 g/mol. The van der Waals surface area contributed by atoms with E-state index in [-0.39, 0.29) is 0 Å². The molecule has 1 heteroatoms. The molecule has 1 nitrogen and oxygen atoms in total. The molecule has 0 radical (unpaired) electrons. The topological polar surface area (TPSA) is 12.9 Å². The second-order valence-corrected chi connectivity index (χ2v) is 12.4. The maximum atomic E-state index is 4.50. The van der Waals surface area contributed by atoms with Gasteiger partial charge in [-0.1, -0.05) is 140 Å². The molecule has 0 aliphatic heterocycles. The van der Waals surface area contributed by atoms with Crippen LogP contribution in [0.2, 0.25) is 0 Å². The van der Waals surface area contributed by atoms with Crippen LogP contribution in [-0.4, -0.2) is 4.98 Å². The van der Waals surface area contributed by atoms with Gasteiger partial charge in [-0.3, -0.25) is 4.98 Å². The molecule has 47 heavy (non-hydrogen) atoms. The van der Waals surface area contributed by atoms with Crippen molar-refractivity contribution in [3.05, 3.63) is 176 Å². The van der Waals surface area contributed by atoms with Crippen molar-refractivity contribution in [2.45, 2.75) is 6.92 Å². The van der Waals surface area contributed by atoms with Crippen LogP contribution >= 0.6 is 0 Å². The van der Waals surface area contributed by atoms with E-state index in [4.69, 9.17) is 0 Å². The van der Waals surface area contributed by atoms with Gasteiger partial charge in [0, 0.05) is 17.5 Å². The molecule has 0 saturated carbocycles. The Bertz CT molecular complexity index is 2610. The number of pyridine rings is 1. The molecule has 1 aromatic heterocycles. The SMILES string of the molecule is Cc1ccc(-c2ccc(-c3ccc4c(-c5ccc6ccccc6c5)c5ccccc5c(-c5ccc6ccccc6c5)c4c3)cc2)cn1. The lowest BCUT2D eigenvalue weighted by molar-refractivity contribution is 1.20. The van der Waals surface area contributed by atoms with E-state index in [1.807, 2.05) is 13.1 Å². The van der Waals surface area contributed by atoms with Crippen molar-refractivity contribution in [1.29, 1.82) is 0 Å². The number of rotatable bonds is 4. The zero-order valence-corrected chi connectivity index (χ0v) is 26.1. The summed E-state index contributed by atoms with van der Waals surface area (Å²) in [6, 6.07) is 60.1. The minimum atomic E-state index is 1.03. The molecule has 0 saturated heterocycles. The molecule has 1 heterocycles. The van der Waals surface area contributed by atoms with Gasteiger partial charge in [0.25, 0.3) is 0 Å². The van der Waals surface area contributed by atoms with Gasteiger partial charge in [-0.05, 0) is 113 Å². The fourth-order valence-corrected chi connectivity index (χ4v) is 7.16. The molecule has 0 atom stereocenters. The van der Waals surface area contributed by atoms with Crippen molar-refractivity contribution in [2.24, 2.45) is 0 Å². The van der Waals surface area contributed by atoms with Gasteiger partial charge in [0.15, 0.2) is 0 Å². The van der Waals surface area contributed by atoms with Crippen LogP contribution in [-0.2, 0) is 0 Å². The molecule has 0 amide bonds. The van der Waals surface area contributed by atoms with Crippen molar-refractivity contribution in [3.8, 4) is 44.5 Å². The maximum Gasteiger partial charge on any atom is 0.0373 e. The molecule has 9 aromatic rings. The number of hydrogen-bond acceptors (Lipinski definition) is 1. The Kier molecular flexibility index (Phi) is 6.43. The van der Waals surface area contributed by atoms with Crippen LogP contribution in [0.25, 0.3) is 87.6 Å². The highest BCUT2D eigenvalue weighted by Gasteiger charge is 2.18. The molecular formula is C46H31N. The summed E-state index contributed by atoms with van der Waals surface area (Å²) < 4.78 is 0. The van der Waals surface area contributed by atoms with Crippen LogP contribution < -0.4 is 0 Å². The average Bonchev–Trinajstić information content (AvgIpc) is 3.13. The van der Waals surface area contributed by atoms with E-state index in [1.54, 1.807) is 0 Å². The average molecular weight is 598 g/mol. The van der Waals surface area contributed by atoms with Crippen molar-refractivity contribution in [3.63, 3.8) is 0 Å². The van der Waals surface area contributed by atoms with Crippen molar-refractivity contribution >= 4 is 43.1 Å². The normalized spacial score (nSPS) is 11.5.